The van der Waals surface area contributed by atoms with Crippen LogP contribution in [0.1, 0.15) is 36.0 Å². The molecule has 5 rings (SSSR count). The molecule has 1 aromatic heterocycles. The minimum absolute atomic E-state index is 0.0289. The third-order valence-corrected chi connectivity index (χ3v) is 5.60. The van der Waals surface area contributed by atoms with Crippen molar-refractivity contribution in [1.29, 1.82) is 0 Å². The van der Waals surface area contributed by atoms with E-state index in [-0.39, 0.29) is 17.5 Å². The zero-order chi connectivity index (χ0) is 17.5. The fraction of sp³-hybridized carbons (Fsp3) is 0.375. The highest BCUT2D eigenvalue weighted by Gasteiger charge is 2.29. The summed E-state index contributed by atoms with van der Waals surface area (Å²) in [6, 6.07) is 5.26. The van der Waals surface area contributed by atoms with Crippen LogP contribution in [0.4, 0.5) is 0 Å². The van der Waals surface area contributed by atoms with Crippen LogP contribution in [-0.4, -0.2) is 35.8 Å². The maximum atomic E-state index is 11.2. The average Bonchev–Trinajstić information content (AvgIpc) is 2.92. The molecular weight excluding hydrogens is 330 g/mol. The van der Waals surface area contributed by atoms with Gasteiger partial charge in [0.05, 0.1) is 16.5 Å². The van der Waals surface area contributed by atoms with E-state index in [2.05, 4.69) is 6.58 Å². The smallest absolute Gasteiger partial charge is 0.268 e. The lowest BCUT2D eigenvalue weighted by Crippen LogP contribution is -2.46. The van der Waals surface area contributed by atoms with Gasteiger partial charge in [0, 0.05) is 12.6 Å². The normalized spacial score (nSPS) is 20.4. The maximum absolute atomic E-state index is 11.2. The van der Waals surface area contributed by atoms with Crippen LogP contribution in [0.15, 0.2) is 35.6 Å². The molecule has 1 unspecified atom stereocenters. The zero-order valence-electron chi connectivity index (χ0n) is 13.1. The predicted octanol–water partition coefficient (Wildman–Crippen LogP) is 1.06. The zero-order valence-corrected chi connectivity index (χ0v) is 14.0. The summed E-state index contributed by atoms with van der Waals surface area (Å²) < 4.78 is 24.9. The molecule has 1 atom stereocenters. The number of nitrogens with zero attached hydrogens (tertiary/aromatic N) is 2. The summed E-state index contributed by atoms with van der Waals surface area (Å²) in [5, 5.41) is 5.64. The monoisotopic (exact) mass is 349 g/mol. The Labute approximate surface area is 139 Å². The minimum atomic E-state index is -3.51. The van der Waals surface area contributed by atoms with Gasteiger partial charge in [0.2, 0.25) is 0 Å². The van der Waals surface area contributed by atoms with E-state index in [0.29, 0.717) is 29.4 Å². The minimum Gasteiger partial charge on any atom is -0.268 e. The van der Waals surface area contributed by atoms with E-state index in [0.717, 1.165) is 19.3 Å². The number of carbonyl (C=O) groups excluding carboxylic acids is 1. The van der Waals surface area contributed by atoms with Crippen molar-refractivity contribution in [2.75, 3.05) is 6.54 Å². The molecule has 1 saturated heterocycles. The molecule has 8 heteroatoms. The molecule has 2 N–H and O–H groups in total. The van der Waals surface area contributed by atoms with Gasteiger partial charge in [-0.25, -0.2) is 9.71 Å². The molecule has 1 aromatic carbocycles. The Bertz CT molecular complexity index is 948. The quantitative estimate of drug-likeness (QED) is 0.714. The molecular formula is C16H19N3O4S. The standard InChI is InChI=1S/C8H16N2O2S.C8H3NO2/c1-2-5-8-6-3-4-7-10(8)13(9,11)12;10-7-5-2-1-4-3-6(5)8(11)9(4)7/h2,8H,1,3-7H2,(H2,9,11,12);1-3H. The van der Waals surface area contributed by atoms with Crippen LogP contribution >= 0.6 is 0 Å². The molecule has 2 aromatic rings. The lowest BCUT2D eigenvalue weighted by Gasteiger charge is -2.32. The summed E-state index contributed by atoms with van der Waals surface area (Å²) in [6.45, 7) is 4.16. The van der Waals surface area contributed by atoms with Crippen LogP contribution in [0.25, 0.3) is 10.9 Å². The van der Waals surface area contributed by atoms with E-state index in [1.54, 1.807) is 24.3 Å². The van der Waals surface area contributed by atoms with Crippen molar-refractivity contribution < 1.29 is 13.2 Å². The van der Waals surface area contributed by atoms with Crippen LogP contribution in [-0.2, 0) is 10.2 Å². The van der Waals surface area contributed by atoms with E-state index in [4.69, 9.17) is 5.14 Å². The number of carbonyl (C=O) groups is 1. The number of rotatable bonds is 3. The number of fused-ring (bicyclic) bond motifs is 1. The van der Waals surface area contributed by atoms with Crippen molar-refractivity contribution in [3.8, 4) is 0 Å². The highest BCUT2D eigenvalue weighted by molar-refractivity contribution is 7.86. The van der Waals surface area contributed by atoms with Gasteiger partial charge in [-0.3, -0.25) is 9.59 Å². The van der Waals surface area contributed by atoms with E-state index in [1.807, 2.05) is 0 Å². The lowest BCUT2D eigenvalue weighted by molar-refractivity contribution is 0.0974. The molecule has 3 aliphatic heterocycles. The molecule has 24 heavy (non-hydrogen) atoms. The van der Waals surface area contributed by atoms with Gasteiger partial charge in [-0.05, 0) is 37.5 Å². The number of piperidine rings is 1. The van der Waals surface area contributed by atoms with Crippen LogP contribution in [0.5, 0.6) is 0 Å². The molecule has 0 radical (unpaired) electrons. The van der Waals surface area contributed by atoms with Gasteiger partial charge < -0.3 is 0 Å². The number of hydrogen-bond acceptors (Lipinski definition) is 4. The van der Waals surface area contributed by atoms with Crippen LogP contribution < -0.4 is 10.7 Å². The summed E-state index contributed by atoms with van der Waals surface area (Å²) in [5.41, 5.74) is 1.11. The van der Waals surface area contributed by atoms with Crippen molar-refractivity contribution in [2.45, 2.75) is 31.7 Å². The second-order valence-electron chi connectivity index (χ2n) is 6.01. The van der Waals surface area contributed by atoms with Crippen molar-refractivity contribution in [2.24, 2.45) is 5.14 Å². The van der Waals surface area contributed by atoms with E-state index in [1.165, 1.54) is 8.87 Å². The SMILES string of the molecule is C=CCC1CCCCN1S(N)(=O)=O.O=C1c2cc3ccc2c(=O)n31. The van der Waals surface area contributed by atoms with Crippen molar-refractivity contribution in [3.05, 3.63) is 46.8 Å². The fourth-order valence-corrected chi connectivity index (χ4v) is 4.33. The first-order chi connectivity index (χ1) is 11.3. The molecule has 3 aliphatic rings. The molecule has 0 aliphatic carbocycles. The van der Waals surface area contributed by atoms with Gasteiger partial charge in [0.25, 0.3) is 21.7 Å². The predicted molar refractivity (Wildman–Crippen MR) is 91.4 cm³/mol. The summed E-state index contributed by atoms with van der Waals surface area (Å²) in [4.78, 5) is 22.4. The molecule has 0 saturated carbocycles. The highest BCUT2D eigenvalue weighted by atomic mass is 32.2. The van der Waals surface area contributed by atoms with Crippen LogP contribution in [0.2, 0.25) is 0 Å². The summed E-state index contributed by atoms with van der Waals surface area (Å²) in [5.74, 6) is -0.162. The first-order valence-electron chi connectivity index (χ1n) is 7.78. The Morgan fingerprint density at radius 2 is 2.04 bits per heavy atom. The summed E-state index contributed by atoms with van der Waals surface area (Å²) >= 11 is 0. The molecule has 0 amide bonds. The first kappa shape index (κ1) is 16.8. The van der Waals surface area contributed by atoms with Gasteiger partial charge in [-0.2, -0.15) is 12.7 Å². The lowest BCUT2D eigenvalue weighted by atomic mass is 10.0. The summed E-state index contributed by atoms with van der Waals surface area (Å²) in [7, 11) is -3.51. The number of hydrogen-bond donors (Lipinski definition) is 1. The Kier molecular flexibility index (Phi) is 4.29. The maximum Gasteiger partial charge on any atom is 0.277 e. The van der Waals surface area contributed by atoms with Gasteiger partial charge >= 0.3 is 0 Å². The van der Waals surface area contributed by atoms with Crippen molar-refractivity contribution in [3.63, 3.8) is 0 Å². The van der Waals surface area contributed by atoms with Crippen LogP contribution in [0.3, 0.4) is 0 Å². The largest absolute Gasteiger partial charge is 0.277 e. The van der Waals surface area contributed by atoms with Gasteiger partial charge in [-0.1, -0.05) is 12.5 Å². The second kappa shape index (κ2) is 6.12. The van der Waals surface area contributed by atoms with E-state index >= 15 is 0 Å². The Morgan fingerprint density at radius 1 is 1.29 bits per heavy atom. The highest BCUT2D eigenvalue weighted by Crippen LogP contribution is 2.23. The summed E-state index contributed by atoms with van der Waals surface area (Å²) in [6.07, 6.45) is 5.31. The van der Waals surface area contributed by atoms with Gasteiger partial charge in [-0.15, -0.1) is 6.58 Å². The molecule has 128 valence electrons. The van der Waals surface area contributed by atoms with Crippen LogP contribution in [0, 0.1) is 0 Å². The van der Waals surface area contributed by atoms with Crippen molar-refractivity contribution >= 4 is 27.0 Å². The Morgan fingerprint density at radius 3 is 2.54 bits per heavy atom. The first-order valence-corrected chi connectivity index (χ1v) is 9.28. The molecule has 7 nitrogen and oxygen atoms in total. The topological polar surface area (TPSA) is 102 Å². The van der Waals surface area contributed by atoms with Gasteiger partial charge in [0.1, 0.15) is 0 Å². The van der Waals surface area contributed by atoms with Crippen molar-refractivity contribution in [1.82, 2.24) is 8.87 Å². The molecule has 4 heterocycles. The number of aromatic nitrogens is 1. The number of benzene rings is 1. The third-order valence-electron chi connectivity index (χ3n) is 4.47. The molecule has 1 fully saturated rings. The fourth-order valence-electron chi connectivity index (χ4n) is 3.34. The third kappa shape index (κ3) is 2.77. The molecule has 0 spiro atoms. The van der Waals surface area contributed by atoms with Gasteiger partial charge in [0.15, 0.2) is 0 Å². The number of pyridine rings is 2. The number of nitrogens with two attached hydrogens (primary N) is 1. The van der Waals surface area contributed by atoms with E-state index < -0.39 is 10.2 Å². The molecule has 4 bridgehead atoms. The average molecular weight is 349 g/mol. The Balaban J connectivity index is 0.000000142. The second-order valence-corrected chi connectivity index (χ2v) is 7.50. The van der Waals surface area contributed by atoms with E-state index in [9.17, 15) is 18.0 Å². The Hall–Kier alpha value is -2.03.